The van der Waals surface area contributed by atoms with Gasteiger partial charge in [0.1, 0.15) is 5.75 Å². The summed E-state index contributed by atoms with van der Waals surface area (Å²) >= 11 is 6.38. The molecule has 4 aromatic rings. The number of nitrogens with one attached hydrogen (secondary N) is 1. The molecule has 150 valence electrons. The van der Waals surface area contributed by atoms with Gasteiger partial charge in [0.05, 0.1) is 16.8 Å². The Hall–Kier alpha value is -3.57. The molecule has 3 aromatic carbocycles. The SMILES string of the molecule is Cc1ccc(C)n1-c1ccc(C(=O)N/N=C/c2c(O)ccc3ccccc23)c(Cl)c1. The van der Waals surface area contributed by atoms with E-state index in [9.17, 15) is 9.90 Å². The zero-order valence-electron chi connectivity index (χ0n) is 16.6. The Labute approximate surface area is 179 Å². The summed E-state index contributed by atoms with van der Waals surface area (Å²) in [5, 5.41) is 16.3. The Bertz CT molecular complexity index is 1270. The number of benzene rings is 3. The van der Waals surface area contributed by atoms with E-state index in [4.69, 9.17) is 11.6 Å². The van der Waals surface area contributed by atoms with E-state index < -0.39 is 5.91 Å². The van der Waals surface area contributed by atoms with E-state index in [0.29, 0.717) is 16.1 Å². The smallest absolute Gasteiger partial charge is 0.272 e. The highest BCUT2D eigenvalue weighted by Crippen LogP contribution is 2.26. The molecule has 0 aliphatic carbocycles. The number of aryl methyl sites for hydroxylation is 2. The number of rotatable bonds is 4. The van der Waals surface area contributed by atoms with E-state index in [-0.39, 0.29) is 5.75 Å². The van der Waals surface area contributed by atoms with Crippen LogP contribution in [0.25, 0.3) is 16.5 Å². The molecule has 0 aliphatic heterocycles. The third-order valence-corrected chi connectivity index (χ3v) is 5.35. The predicted octanol–water partition coefficient (Wildman–Crippen LogP) is 5.37. The van der Waals surface area contributed by atoms with Gasteiger partial charge in [0.15, 0.2) is 0 Å². The van der Waals surface area contributed by atoms with Gasteiger partial charge in [-0.15, -0.1) is 0 Å². The summed E-state index contributed by atoms with van der Waals surface area (Å²) < 4.78 is 2.06. The highest BCUT2D eigenvalue weighted by Gasteiger charge is 2.13. The molecule has 30 heavy (non-hydrogen) atoms. The summed E-state index contributed by atoms with van der Waals surface area (Å²) in [7, 11) is 0. The summed E-state index contributed by atoms with van der Waals surface area (Å²) in [6, 6.07) is 20.4. The predicted molar refractivity (Wildman–Crippen MR) is 121 cm³/mol. The van der Waals surface area contributed by atoms with Crippen LogP contribution in [0, 0.1) is 13.8 Å². The van der Waals surface area contributed by atoms with Crippen molar-refractivity contribution in [1.82, 2.24) is 9.99 Å². The molecule has 0 bridgehead atoms. The van der Waals surface area contributed by atoms with Gasteiger partial charge in [-0.3, -0.25) is 4.79 Å². The number of carbonyl (C=O) groups excluding carboxylic acids is 1. The molecule has 0 unspecified atom stereocenters. The third-order valence-electron chi connectivity index (χ3n) is 5.03. The number of aromatic hydroxyl groups is 1. The lowest BCUT2D eigenvalue weighted by atomic mass is 10.0. The molecular weight excluding hydrogens is 398 g/mol. The third kappa shape index (κ3) is 3.67. The molecule has 0 atom stereocenters. The number of carbonyl (C=O) groups is 1. The van der Waals surface area contributed by atoms with Crippen molar-refractivity contribution in [2.75, 3.05) is 0 Å². The van der Waals surface area contributed by atoms with Gasteiger partial charge >= 0.3 is 0 Å². The van der Waals surface area contributed by atoms with E-state index in [0.717, 1.165) is 27.8 Å². The van der Waals surface area contributed by atoms with E-state index in [1.54, 1.807) is 18.2 Å². The van der Waals surface area contributed by atoms with E-state index >= 15 is 0 Å². The fraction of sp³-hybridized carbons (Fsp3) is 0.0833. The van der Waals surface area contributed by atoms with Crippen molar-refractivity contribution in [2.45, 2.75) is 13.8 Å². The van der Waals surface area contributed by atoms with Gasteiger partial charge in [-0.25, -0.2) is 5.43 Å². The zero-order valence-corrected chi connectivity index (χ0v) is 17.3. The minimum atomic E-state index is -0.427. The summed E-state index contributed by atoms with van der Waals surface area (Å²) in [5.74, 6) is -0.338. The minimum Gasteiger partial charge on any atom is -0.507 e. The van der Waals surface area contributed by atoms with Crippen LogP contribution in [0.3, 0.4) is 0 Å². The number of halogens is 1. The van der Waals surface area contributed by atoms with E-state index in [2.05, 4.69) is 15.1 Å². The molecule has 6 heteroatoms. The van der Waals surface area contributed by atoms with E-state index in [1.807, 2.05) is 62.4 Å². The van der Waals surface area contributed by atoms with Crippen molar-refractivity contribution < 1.29 is 9.90 Å². The number of hydrogen-bond acceptors (Lipinski definition) is 3. The van der Waals surface area contributed by atoms with E-state index in [1.165, 1.54) is 6.21 Å². The number of nitrogens with zero attached hydrogens (tertiary/aromatic N) is 2. The Morgan fingerprint density at radius 2 is 1.77 bits per heavy atom. The van der Waals surface area contributed by atoms with Crippen molar-refractivity contribution in [2.24, 2.45) is 5.10 Å². The molecular formula is C24H20ClN3O2. The van der Waals surface area contributed by atoms with Gasteiger partial charge in [0.2, 0.25) is 0 Å². The van der Waals surface area contributed by atoms with Crippen molar-refractivity contribution in [3.8, 4) is 11.4 Å². The first-order chi connectivity index (χ1) is 14.5. The first-order valence-electron chi connectivity index (χ1n) is 9.44. The van der Waals surface area contributed by atoms with Crippen LogP contribution in [0.5, 0.6) is 5.75 Å². The Kier molecular flexibility index (Phi) is 5.29. The van der Waals surface area contributed by atoms with Crippen LogP contribution in [0.1, 0.15) is 27.3 Å². The lowest BCUT2D eigenvalue weighted by molar-refractivity contribution is 0.0955. The lowest BCUT2D eigenvalue weighted by Crippen LogP contribution is -2.18. The second-order valence-electron chi connectivity index (χ2n) is 7.03. The quantitative estimate of drug-likeness (QED) is 0.346. The second kappa shape index (κ2) is 8.05. The Morgan fingerprint density at radius 1 is 1.03 bits per heavy atom. The number of fused-ring (bicyclic) bond motifs is 1. The maximum absolute atomic E-state index is 12.6. The van der Waals surface area contributed by atoms with Crippen LogP contribution in [0.4, 0.5) is 0 Å². The van der Waals surface area contributed by atoms with Crippen LogP contribution in [-0.4, -0.2) is 21.8 Å². The van der Waals surface area contributed by atoms with Crippen molar-refractivity contribution in [3.63, 3.8) is 0 Å². The summed E-state index contributed by atoms with van der Waals surface area (Å²) in [4.78, 5) is 12.6. The van der Waals surface area contributed by atoms with Crippen molar-refractivity contribution in [3.05, 3.63) is 94.3 Å². The fourth-order valence-corrected chi connectivity index (χ4v) is 3.80. The topological polar surface area (TPSA) is 66.6 Å². The molecule has 0 spiro atoms. The van der Waals surface area contributed by atoms with Gasteiger partial charge in [0, 0.05) is 22.6 Å². The Morgan fingerprint density at radius 3 is 2.50 bits per heavy atom. The average Bonchev–Trinajstić information content (AvgIpc) is 3.07. The molecule has 0 aliphatic rings. The first kappa shape index (κ1) is 19.7. The zero-order chi connectivity index (χ0) is 21.3. The number of amides is 1. The van der Waals surface area contributed by atoms with Crippen LogP contribution in [0.2, 0.25) is 5.02 Å². The van der Waals surface area contributed by atoms with Crippen LogP contribution >= 0.6 is 11.6 Å². The Balaban J connectivity index is 1.56. The number of aromatic nitrogens is 1. The van der Waals surface area contributed by atoms with Crippen LogP contribution in [0.15, 0.2) is 71.8 Å². The highest BCUT2D eigenvalue weighted by atomic mass is 35.5. The lowest BCUT2D eigenvalue weighted by Gasteiger charge is -2.11. The van der Waals surface area contributed by atoms with Crippen molar-refractivity contribution >= 4 is 34.5 Å². The standard InChI is InChI=1S/C24H20ClN3O2/c1-15-7-8-16(2)28(15)18-10-11-20(22(25)13-18)24(30)27-26-14-21-19-6-4-3-5-17(19)9-12-23(21)29/h3-14,29H,1-2H3,(H,27,30)/b26-14+. The molecule has 0 fully saturated rings. The molecule has 5 nitrogen and oxygen atoms in total. The van der Waals surface area contributed by atoms with Gasteiger partial charge in [0.25, 0.3) is 5.91 Å². The monoisotopic (exact) mass is 417 g/mol. The molecule has 1 heterocycles. The second-order valence-corrected chi connectivity index (χ2v) is 7.44. The maximum atomic E-state index is 12.6. The van der Waals surface area contributed by atoms with Crippen LogP contribution < -0.4 is 5.43 Å². The summed E-state index contributed by atoms with van der Waals surface area (Å²) in [6.45, 7) is 4.03. The largest absolute Gasteiger partial charge is 0.507 e. The fourth-order valence-electron chi connectivity index (χ4n) is 3.54. The molecule has 2 N–H and O–H groups in total. The number of hydrogen-bond donors (Lipinski definition) is 2. The number of phenolic OH excluding ortho intramolecular Hbond substituents is 1. The molecule has 1 aromatic heterocycles. The summed E-state index contributed by atoms with van der Waals surface area (Å²) in [6.07, 6.45) is 1.43. The minimum absolute atomic E-state index is 0.0894. The number of phenols is 1. The van der Waals surface area contributed by atoms with Gasteiger partial charge in [-0.05, 0) is 61.0 Å². The molecule has 4 rings (SSSR count). The van der Waals surface area contributed by atoms with Gasteiger partial charge in [-0.2, -0.15) is 5.10 Å². The molecule has 1 amide bonds. The van der Waals surface area contributed by atoms with Crippen molar-refractivity contribution in [1.29, 1.82) is 0 Å². The first-order valence-corrected chi connectivity index (χ1v) is 9.82. The normalized spacial score (nSPS) is 11.3. The maximum Gasteiger partial charge on any atom is 0.272 e. The molecule has 0 saturated carbocycles. The average molecular weight is 418 g/mol. The highest BCUT2D eigenvalue weighted by molar-refractivity contribution is 6.34. The molecule has 0 radical (unpaired) electrons. The number of hydrazone groups is 1. The molecule has 0 saturated heterocycles. The van der Waals surface area contributed by atoms with Crippen LogP contribution in [-0.2, 0) is 0 Å². The van der Waals surface area contributed by atoms with Gasteiger partial charge in [-0.1, -0.05) is 41.9 Å². The summed E-state index contributed by atoms with van der Waals surface area (Å²) in [5.41, 5.74) is 6.40. The van der Waals surface area contributed by atoms with Gasteiger partial charge < -0.3 is 9.67 Å².